The number of rotatable bonds is 20. The number of carbonyl (C=O) groups excluding carboxylic acids is 4. The zero-order valence-corrected chi connectivity index (χ0v) is 43.2. The highest BCUT2D eigenvalue weighted by molar-refractivity contribution is 7.13. The molecule has 4 amide bonds. The molecule has 2 aliphatic heterocycles. The van der Waals surface area contributed by atoms with E-state index in [9.17, 15) is 28.7 Å². The second kappa shape index (κ2) is 24.2. The van der Waals surface area contributed by atoms with Gasteiger partial charge in [0.05, 0.1) is 50.5 Å². The molecule has 19 heteroatoms. The molecule has 4 heterocycles. The second-order valence-electron chi connectivity index (χ2n) is 19.4. The fourth-order valence-corrected chi connectivity index (χ4v) is 10.1. The highest BCUT2D eigenvalue weighted by atomic mass is 35.5. The van der Waals surface area contributed by atoms with Crippen LogP contribution in [0.2, 0.25) is 10.0 Å². The molecule has 0 spiro atoms. The number of hydrogen-bond donors (Lipinski definition) is 4. The summed E-state index contributed by atoms with van der Waals surface area (Å²) < 4.78 is 26.9. The highest BCUT2D eigenvalue weighted by Crippen LogP contribution is 2.38. The lowest BCUT2D eigenvalue weighted by atomic mass is 9.85. The molecule has 2 fully saturated rings. The summed E-state index contributed by atoms with van der Waals surface area (Å²) in [5, 5.41) is 20.0. The van der Waals surface area contributed by atoms with Gasteiger partial charge in [-0.1, -0.05) is 93.9 Å². The lowest BCUT2D eigenvalue weighted by Crippen LogP contribution is -2.57. The van der Waals surface area contributed by atoms with E-state index in [0.717, 1.165) is 53.8 Å². The van der Waals surface area contributed by atoms with Crippen LogP contribution in [0.3, 0.4) is 0 Å². The zero-order chi connectivity index (χ0) is 50.8. The Labute approximate surface area is 428 Å². The van der Waals surface area contributed by atoms with Gasteiger partial charge in [-0.2, -0.15) is 0 Å². The van der Waals surface area contributed by atoms with Crippen molar-refractivity contribution in [3.63, 3.8) is 0 Å². The third-order valence-electron chi connectivity index (χ3n) is 13.1. The molecule has 4 N–H and O–H groups in total. The average Bonchev–Trinajstić information content (AvgIpc) is 3.98. The van der Waals surface area contributed by atoms with Crippen LogP contribution in [0.4, 0.5) is 15.9 Å². The van der Waals surface area contributed by atoms with E-state index in [1.165, 1.54) is 23.4 Å². The van der Waals surface area contributed by atoms with Gasteiger partial charge in [0.15, 0.2) is 17.3 Å². The first-order valence-corrected chi connectivity index (χ1v) is 25.9. The van der Waals surface area contributed by atoms with E-state index in [1.807, 2.05) is 62.4 Å². The number of likely N-dealkylation sites (tertiary alicyclic amines) is 2. The molecule has 3 aromatic carbocycles. The topological polar surface area (TPSA) is 188 Å². The molecule has 0 aliphatic carbocycles. The Morgan fingerprint density at radius 1 is 0.930 bits per heavy atom. The molecule has 2 aliphatic rings. The Hall–Kier alpha value is -5.62. The molecule has 380 valence electrons. The molecule has 5 aromatic rings. The first kappa shape index (κ1) is 53.2. The number of piperidine rings is 1. The summed E-state index contributed by atoms with van der Waals surface area (Å²) in [5.41, 5.74) is 4.76. The number of unbranched alkanes of at least 4 members (excludes halogenated alkanes) is 5. The number of halogens is 3. The van der Waals surface area contributed by atoms with Crippen molar-refractivity contribution in [1.29, 1.82) is 0 Å². The van der Waals surface area contributed by atoms with Gasteiger partial charge < -0.3 is 40.3 Å². The smallest absolute Gasteiger partial charge is 0.246 e. The molecule has 0 radical (unpaired) electrons. The van der Waals surface area contributed by atoms with Gasteiger partial charge in [-0.15, -0.1) is 11.3 Å². The van der Waals surface area contributed by atoms with Crippen molar-refractivity contribution in [2.45, 2.75) is 129 Å². The number of nitrogens with one attached hydrogen (secondary N) is 3. The number of aromatic nitrogens is 3. The molecule has 7 rings (SSSR count). The highest BCUT2D eigenvalue weighted by Gasteiger charge is 2.44. The van der Waals surface area contributed by atoms with Crippen LogP contribution in [0.25, 0.3) is 21.3 Å². The van der Waals surface area contributed by atoms with Crippen LogP contribution in [0.15, 0.2) is 60.4 Å². The Morgan fingerprint density at radius 2 is 1.63 bits per heavy atom. The van der Waals surface area contributed by atoms with Gasteiger partial charge in [-0.25, -0.2) is 19.3 Å². The summed E-state index contributed by atoms with van der Waals surface area (Å²) in [4.78, 5) is 71.3. The first-order chi connectivity index (χ1) is 34.0. The molecule has 0 unspecified atom stereocenters. The zero-order valence-electron chi connectivity index (χ0n) is 40.9. The number of aryl methyl sites for hydroxylation is 1. The summed E-state index contributed by atoms with van der Waals surface area (Å²) in [5.74, 6) is -0.238. The van der Waals surface area contributed by atoms with Crippen LogP contribution in [0.5, 0.6) is 11.5 Å². The number of fused-ring (bicyclic) bond motifs is 1. The monoisotopic (exact) mass is 1030 g/mol. The molecule has 0 bridgehead atoms. The average molecular weight is 1030 g/mol. The summed E-state index contributed by atoms with van der Waals surface area (Å²) in [6, 6.07) is 12.6. The van der Waals surface area contributed by atoms with Gasteiger partial charge >= 0.3 is 0 Å². The van der Waals surface area contributed by atoms with Gasteiger partial charge in [0.2, 0.25) is 23.6 Å². The number of aliphatic hydroxyl groups excluding tert-OH is 1. The molecule has 2 saturated heterocycles. The number of ether oxygens (including phenoxy) is 2. The first-order valence-electron chi connectivity index (χ1n) is 24.2. The summed E-state index contributed by atoms with van der Waals surface area (Å²) in [6.07, 6.45) is 7.47. The largest absolute Gasteiger partial charge is 0.493 e. The van der Waals surface area contributed by atoms with Crippen molar-refractivity contribution >= 4 is 80.6 Å². The molecular formula is C52H63Cl2FN8O7S. The predicted octanol–water partition coefficient (Wildman–Crippen LogP) is 9.56. The summed E-state index contributed by atoms with van der Waals surface area (Å²) >= 11 is 13.6. The fourth-order valence-electron chi connectivity index (χ4n) is 9.01. The number of methoxy groups -OCH3 is 1. The summed E-state index contributed by atoms with van der Waals surface area (Å²) in [6.45, 7) is 9.00. The summed E-state index contributed by atoms with van der Waals surface area (Å²) in [7, 11) is 1.55. The molecule has 3 atom stereocenters. The van der Waals surface area contributed by atoms with Crippen molar-refractivity contribution in [2.75, 3.05) is 32.1 Å². The van der Waals surface area contributed by atoms with E-state index in [0.29, 0.717) is 67.0 Å². The maximum absolute atomic E-state index is 14.9. The molecular weight excluding hydrogens is 971 g/mol. The van der Waals surface area contributed by atoms with Crippen molar-refractivity contribution in [1.82, 2.24) is 35.4 Å². The van der Waals surface area contributed by atoms with Crippen LogP contribution in [-0.4, -0.2) is 105 Å². The molecule has 2 aromatic heterocycles. The van der Waals surface area contributed by atoms with E-state index in [2.05, 4.69) is 30.9 Å². The third kappa shape index (κ3) is 13.7. The Bertz CT molecular complexity index is 2680. The molecule has 0 saturated carbocycles. The van der Waals surface area contributed by atoms with E-state index >= 15 is 0 Å². The van der Waals surface area contributed by atoms with Crippen molar-refractivity contribution < 1.29 is 38.1 Å². The van der Waals surface area contributed by atoms with Crippen LogP contribution in [-0.2, 0) is 25.7 Å². The number of benzene rings is 3. The molecule has 71 heavy (non-hydrogen) atoms. The Balaban J connectivity index is 0.793. The normalized spacial score (nSPS) is 16.7. The Morgan fingerprint density at radius 3 is 2.31 bits per heavy atom. The van der Waals surface area contributed by atoms with Crippen LogP contribution in [0.1, 0.15) is 103 Å². The lowest BCUT2D eigenvalue weighted by Gasteiger charge is -2.35. The number of amides is 4. The van der Waals surface area contributed by atoms with Gasteiger partial charge in [-0.3, -0.25) is 19.2 Å². The van der Waals surface area contributed by atoms with Crippen molar-refractivity contribution in [3.05, 3.63) is 87.5 Å². The van der Waals surface area contributed by atoms with Crippen molar-refractivity contribution in [2.24, 2.45) is 5.41 Å². The van der Waals surface area contributed by atoms with E-state index in [4.69, 9.17) is 32.7 Å². The van der Waals surface area contributed by atoms with Gasteiger partial charge in [0, 0.05) is 69.7 Å². The van der Waals surface area contributed by atoms with Crippen LogP contribution >= 0.6 is 34.5 Å². The quantitative estimate of drug-likeness (QED) is 0.0429. The van der Waals surface area contributed by atoms with Gasteiger partial charge in [-0.05, 0) is 54.5 Å². The van der Waals surface area contributed by atoms with E-state index in [-0.39, 0.29) is 71.4 Å². The Kier molecular flexibility index (Phi) is 18.1. The predicted molar refractivity (Wildman–Crippen MR) is 275 cm³/mol. The minimum Gasteiger partial charge on any atom is -0.493 e. The fraction of sp³-hybridized carbons (Fsp3) is 0.481. The van der Waals surface area contributed by atoms with Gasteiger partial charge in [0.1, 0.15) is 30.3 Å². The third-order valence-corrected chi connectivity index (χ3v) is 14.8. The van der Waals surface area contributed by atoms with Crippen LogP contribution in [0, 0.1) is 18.2 Å². The maximum atomic E-state index is 14.9. The second-order valence-corrected chi connectivity index (χ2v) is 21.0. The van der Waals surface area contributed by atoms with Crippen LogP contribution < -0.4 is 25.4 Å². The van der Waals surface area contributed by atoms with E-state index in [1.54, 1.807) is 30.6 Å². The lowest BCUT2D eigenvalue weighted by molar-refractivity contribution is -0.144. The standard InChI is InChI=1S/C52H63Cl2FN8O7S/c1-31-47(71-30-59-31)33-16-14-32(15-17-33)27-56-50(67)40-24-34(64)28-63(40)51(68)48(52(2,3)4)61-43(65)12-10-8-6-7-9-11-13-44(66)62-22-20-35(21-23-62)70-42-25-36-39(26-41(42)69-5)57-29-58-49(36)60-38-19-18-37(53)45(54)46(38)55/h14-19,25-26,29-30,34-35,40,48,64H,6-13,20-24,27-28H2,1-5H3,(H,56,67)(H,61,65)(H,57,58,60)/t34-,40+,48-/m1/s1. The number of carbonyl (C=O) groups is 4. The number of thiazole rings is 1. The number of nitrogens with zero attached hydrogens (tertiary/aromatic N) is 5. The van der Waals surface area contributed by atoms with Crippen molar-refractivity contribution in [3.8, 4) is 21.9 Å². The minimum atomic E-state index is -0.883. The maximum Gasteiger partial charge on any atom is 0.246 e. The number of β-amino-alcohol motifs (C(OH)–C–C–N with tert-alkyl or cyclic N) is 1. The molecule has 15 nitrogen and oxygen atoms in total. The number of aliphatic hydroxyl groups is 1. The minimum absolute atomic E-state index is 0.0111. The SMILES string of the molecule is COc1cc2ncnc(Nc3ccc(Cl)c(Cl)c3F)c2cc1OC1CCN(C(=O)CCCCCCCCC(=O)N[C@H](C(=O)N2C[C@H](O)C[C@H]2C(=O)NCc2ccc(-c3scnc3C)cc2)C(C)(C)C)CC1. The number of hydrogen-bond acceptors (Lipinski definition) is 12. The van der Waals surface area contributed by atoms with E-state index < -0.39 is 29.4 Å². The van der Waals surface area contributed by atoms with Gasteiger partial charge in [0.25, 0.3) is 0 Å². The number of anilines is 2.